The Morgan fingerprint density at radius 2 is 2.21 bits per heavy atom. The van der Waals surface area contributed by atoms with E-state index in [0.717, 1.165) is 12.8 Å². The summed E-state index contributed by atoms with van der Waals surface area (Å²) in [5.41, 5.74) is 0.649. The van der Waals surface area contributed by atoms with Crippen LogP contribution in [-0.2, 0) is 9.53 Å². The summed E-state index contributed by atoms with van der Waals surface area (Å²) in [4.78, 5) is 16.7. The van der Waals surface area contributed by atoms with E-state index in [2.05, 4.69) is 15.4 Å². The molecule has 2 aromatic heterocycles. The van der Waals surface area contributed by atoms with Gasteiger partial charge in [0.05, 0.1) is 24.2 Å². The first kappa shape index (κ1) is 16.6. The van der Waals surface area contributed by atoms with Gasteiger partial charge in [-0.3, -0.25) is 4.79 Å². The maximum atomic E-state index is 12.5. The van der Waals surface area contributed by atoms with E-state index in [0.29, 0.717) is 17.9 Å². The molecule has 6 heteroatoms. The first-order valence-corrected chi connectivity index (χ1v) is 8.68. The van der Waals surface area contributed by atoms with E-state index in [1.165, 1.54) is 19.3 Å². The lowest BCUT2D eigenvalue weighted by Gasteiger charge is -2.26. The van der Waals surface area contributed by atoms with Gasteiger partial charge in [-0.1, -0.05) is 32.3 Å². The van der Waals surface area contributed by atoms with E-state index in [9.17, 15) is 4.79 Å². The number of ether oxygens (including phenoxy) is 1. The Labute approximate surface area is 142 Å². The highest BCUT2D eigenvalue weighted by Gasteiger charge is 2.23. The maximum Gasteiger partial charge on any atom is 0.253 e. The smallest absolute Gasteiger partial charge is 0.253 e. The fourth-order valence-corrected chi connectivity index (χ4v) is 3.00. The molecule has 2 aromatic rings. The highest BCUT2D eigenvalue weighted by atomic mass is 16.5. The Kier molecular flexibility index (Phi) is 5.59. The molecule has 0 spiro atoms. The fraction of sp³-hybridized carbons (Fsp3) is 0.500. The molecule has 1 aliphatic rings. The van der Waals surface area contributed by atoms with Gasteiger partial charge in [0.25, 0.3) is 5.91 Å². The van der Waals surface area contributed by atoms with Crippen LogP contribution in [0.1, 0.15) is 45.4 Å². The van der Waals surface area contributed by atoms with Crippen LogP contribution in [0.2, 0.25) is 0 Å². The molecule has 1 saturated carbocycles. The minimum absolute atomic E-state index is 0.108. The third-order valence-corrected chi connectivity index (χ3v) is 4.31. The predicted octanol–water partition coefficient (Wildman–Crippen LogP) is 3.33. The molecule has 128 valence electrons. The molecule has 1 amide bonds. The van der Waals surface area contributed by atoms with Crippen molar-refractivity contribution in [1.29, 1.82) is 0 Å². The Morgan fingerprint density at radius 1 is 1.38 bits per heavy atom. The highest BCUT2D eigenvalue weighted by molar-refractivity contribution is 5.93. The topological polar surface area (TPSA) is 69.0 Å². The molecule has 0 aromatic carbocycles. The van der Waals surface area contributed by atoms with E-state index in [-0.39, 0.29) is 12.0 Å². The van der Waals surface area contributed by atoms with E-state index >= 15 is 0 Å². The molecule has 6 nitrogen and oxygen atoms in total. The Balaban J connectivity index is 1.60. The summed E-state index contributed by atoms with van der Waals surface area (Å²) in [6, 6.07) is 5.61. The monoisotopic (exact) mass is 328 g/mol. The lowest BCUT2D eigenvalue weighted by molar-refractivity contribution is -0.132. The van der Waals surface area contributed by atoms with Crippen LogP contribution >= 0.6 is 0 Å². The SMILES string of the molecule is CCC(OC1CCCCC1)C(=O)Nc1cnn(-c2ccccn2)c1. The second kappa shape index (κ2) is 8.06. The van der Waals surface area contributed by atoms with Crippen molar-refractivity contribution in [3.05, 3.63) is 36.8 Å². The molecule has 0 bridgehead atoms. The fourth-order valence-electron chi connectivity index (χ4n) is 3.00. The number of carbonyl (C=O) groups is 1. The van der Waals surface area contributed by atoms with E-state index in [1.807, 2.05) is 25.1 Å². The van der Waals surface area contributed by atoms with E-state index in [1.54, 1.807) is 23.3 Å². The van der Waals surface area contributed by atoms with Crippen LogP contribution in [0, 0.1) is 0 Å². The third kappa shape index (κ3) is 4.20. The first-order chi connectivity index (χ1) is 11.8. The van der Waals surface area contributed by atoms with Gasteiger partial charge < -0.3 is 10.1 Å². The number of anilines is 1. The van der Waals surface area contributed by atoms with Gasteiger partial charge in [0, 0.05) is 6.20 Å². The molecule has 1 aliphatic carbocycles. The van der Waals surface area contributed by atoms with Crippen molar-refractivity contribution in [2.24, 2.45) is 0 Å². The quantitative estimate of drug-likeness (QED) is 0.883. The number of pyridine rings is 1. The van der Waals surface area contributed by atoms with Crippen molar-refractivity contribution >= 4 is 11.6 Å². The van der Waals surface area contributed by atoms with Crippen molar-refractivity contribution in [3.8, 4) is 5.82 Å². The standard InChI is InChI=1S/C18H24N4O2/c1-2-16(24-15-8-4-3-5-9-15)18(23)21-14-12-20-22(13-14)17-10-6-7-11-19-17/h6-7,10-13,15-16H,2-5,8-9H2,1H3,(H,21,23). The number of rotatable bonds is 6. The normalized spacial score (nSPS) is 16.7. The lowest BCUT2D eigenvalue weighted by Crippen LogP contribution is -2.34. The van der Waals surface area contributed by atoms with Gasteiger partial charge in [-0.2, -0.15) is 5.10 Å². The van der Waals surface area contributed by atoms with Crippen LogP contribution < -0.4 is 5.32 Å². The molecule has 1 unspecified atom stereocenters. The van der Waals surface area contributed by atoms with Gasteiger partial charge in [-0.05, 0) is 31.4 Å². The Morgan fingerprint density at radius 3 is 2.92 bits per heavy atom. The van der Waals surface area contributed by atoms with Crippen molar-refractivity contribution in [3.63, 3.8) is 0 Å². The zero-order valence-corrected chi connectivity index (χ0v) is 14.0. The minimum atomic E-state index is -0.411. The van der Waals surface area contributed by atoms with Crippen molar-refractivity contribution < 1.29 is 9.53 Å². The molecule has 0 radical (unpaired) electrons. The molecule has 1 fully saturated rings. The van der Waals surface area contributed by atoms with E-state index < -0.39 is 6.10 Å². The number of hydrogen-bond donors (Lipinski definition) is 1. The predicted molar refractivity (Wildman–Crippen MR) is 92.0 cm³/mol. The summed E-state index contributed by atoms with van der Waals surface area (Å²) in [7, 11) is 0. The molecular weight excluding hydrogens is 304 g/mol. The summed E-state index contributed by atoms with van der Waals surface area (Å²) in [6.07, 6.45) is 11.3. The van der Waals surface area contributed by atoms with Crippen molar-refractivity contribution in [2.45, 2.75) is 57.7 Å². The first-order valence-electron chi connectivity index (χ1n) is 8.68. The van der Waals surface area contributed by atoms with Crippen LogP contribution in [0.3, 0.4) is 0 Å². The Hall–Kier alpha value is -2.21. The van der Waals surface area contributed by atoms with E-state index in [4.69, 9.17) is 4.74 Å². The molecule has 0 saturated heterocycles. The second-order valence-electron chi connectivity index (χ2n) is 6.14. The van der Waals surface area contributed by atoms with Gasteiger partial charge in [0.2, 0.25) is 0 Å². The zero-order valence-electron chi connectivity index (χ0n) is 14.0. The molecule has 1 atom stereocenters. The molecule has 1 N–H and O–H groups in total. The largest absolute Gasteiger partial charge is 0.365 e. The lowest BCUT2D eigenvalue weighted by atomic mass is 9.97. The second-order valence-corrected chi connectivity index (χ2v) is 6.14. The van der Waals surface area contributed by atoms with Crippen LogP contribution in [-0.4, -0.2) is 32.9 Å². The van der Waals surface area contributed by atoms with Gasteiger partial charge in [0.15, 0.2) is 5.82 Å². The molecule has 2 heterocycles. The zero-order chi connectivity index (χ0) is 16.8. The average molecular weight is 328 g/mol. The van der Waals surface area contributed by atoms with Crippen molar-refractivity contribution in [2.75, 3.05) is 5.32 Å². The molecular formula is C18H24N4O2. The summed E-state index contributed by atoms with van der Waals surface area (Å²) >= 11 is 0. The molecule has 24 heavy (non-hydrogen) atoms. The van der Waals surface area contributed by atoms with Crippen LogP contribution in [0.25, 0.3) is 5.82 Å². The number of carbonyl (C=O) groups excluding carboxylic acids is 1. The summed E-state index contributed by atoms with van der Waals surface area (Å²) < 4.78 is 7.65. The molecule has 3 rings (SSSR count). The summed E-state index contributed by atoms with van der Waals surface area (Å²) in [5.74, 6) is 0.604. The van der Waals surface area contributed by atoms with Gasteiger partial charge in [0.1, 0.15) is 6.10 Å². The van der Waals surface area contributed by atoms with Crippen LogP contribution in [0.5, 0.6) is 0 Å². The number of aromatic nitrogens is 3. The van der Waals surface area contributed by atoms with Gasteiger partial charge in [-0.25, -0.2) is 9.67 Å². The molecule has 0 aliphatic heterocycles. The summed E-state index contributed by atoms with van der Waals surface area (Å²) in [6.45, 7) is 1.98. The minimum Gasteiger partial charge on any atom is -0.365 e. The summed E-state index contributed by atoms with van der Waals surface area (Å²) in [5, 5.41) is 7.14. The Bertz CT molecular complexity index is 650. The number of nitrogens with one attached hydrogen (secondary N) is 1. The van der Waals surface area contributed by atoms with Crippen molar-refractivity contribution in [1.82, 2.24) is 14.8 Å². The number of amides is 1. The number of nitrogens with zero attached hydrogens (tertiary/aromatic N) is 3. The highest BCUT2D eigenvalue weighted by Crippen LogP contribution is 2.22. The van der Waals surface area contributed by atoms with Crippen LogP contribution in [0.4, 0.5) is 5.69 Å². The van der Waals surface area contributed by atoms with Crippen LogP contribution in [0.15, 0.2) is 36.8 Å². The third-order valence-electron chi connectivity index (χ3n) is 4.31. The number of hydrogen-bond acceptors (Lipinski definition) is 4. The van der Waals surface area contributed by atoms with Gasteiger partial charge >= 0.3 is 0 Å². The average Bonchev–Trinajstić information content (AvgIpc) is 3.09. The van der Waals surface area contributed by atoms with Gasteiger partial charge in [-0.15, -0.1) is 0 Å². The maximum absolute atomic E-state index is 12.5.